The predicted octanol–water partition coefficient (Wildman–Crippen LogP) is 2.07. The van der Waals surface area contributed by atoms with E-state index in [0.29, 0.717) is 17.2 Å². The number of hydrogen-bond acceptors (Lipinski definition) is 4. The highest BCUT2D eigenvalue weighted by Gasteiger charge is 2.42. The Morgan fingerprint density at radius 2 is 2.18 bits per heavy atom. The summed E-state index contributed by atoms with van der Waals surface area (Å²) >= 11 is 7.59. The molecule has 2 aliphatic rings. The fourth-order valence-electron chi connectivity index (χ4n) is 3.28. The van der Waals surface area contributed by atoms with Crippen molar-refractivity contribution in [3.8, 4) is 0 Å². The first-order valence-corrected chi connectivity index (χ1v) is 9.10. The lowest BCUT2D eigenvalue weighted by Crippen LogP contribution is -2.51. The first-order chi connectivity index (χ1) is 10.5. The van der Waals surface area contributed by atoms with Crippen molar-refractivity contribution in [2.75, 3.05) is 25.1 Å². The quantitative estimate of drug-likeness (QED) is 0.884. The van der Waals surface area contributed by atoms with Crippen LogP contribution in [0, 0.1) is 0 Å². The number of aliphatic hydroxyl groups is 1. The molecule has 2 fully saturated rings. The van der Waals surface area contributed by atoms with Gasteiger partial charge < -0.3 is 10.4 Å². The van der Waals surface area contributed by atoms with Gasteiger partial charge in [0.05, 0.1) is 6.04 Å². The zero-order valence-electron chi connectivity index (χ0n) is 12.6. The number of likely N-dealkylation sites (tertiary alicyclic amines) is 1. The van der Waals surface area contributed by atoms with E-state index < -0.39 is 5.60 Å². The van der Waals surface area contributed by atoms with Gasteiger partial charge in [0.1, 0.15) is 0 Å². The Morgan fingerprint density at radius 3 is 2.82 bits per heavy atom. The van der Waals surface area contributed by atoms with Gasteiger partial charge in [-0.25, -0.2) is 0 Å². The van der Waals surface area contributed by atoms with Crippen LogP contribution in [0.5, 0.6) is 0 Å². The molecule has 1 amide bonds. The van der Waals surface area contributed by atoms with E-state index in [2.05, 4.69) is 17.3 Å². The van der Waals surface area contributed by atoms with E-state index >= 15 is 0 Å². The van der Waals surface area contributed by atoms with E-state index in [1.165, 1.54) is 0 Å². The largest absolute Gasteiger partial charge is 0.379 e. The molecule has 3 atom stereocenters. The Kier molecular flexibility index (Phi) is 4.69. The van der Waals surface area contributed by atoms with Gasteiger partial charge >= 0.3 is 0 Å². The predicted molar refractivity (Wildman–Crippen MR) is 90.3 cm³/mol. The highest BCUT2D eigenvalue weighted by molar-refractivity contribution is 7.99. The summed E-state index contributed by atoms with van der Waals surface area (Å²) in [5, 5.41) is 14.2. The summed E-state index contributed by atoms with van der Waals surface area (Å²) in [6.07, 6.45) is 1.43. The van der Waals surface area contributed by atoms with Gasteiger partial charge in [0, 0.05) is 23.4 Å². The summed E-state index contributed by atoms with van der Waals surface area (Å²) in [7, 11) is 2.06. The third-order valence-electron chi connectivity index (χ3n) is 4.60. The van der Waals surface area contributed by atoms with Crippen molar-refractivity contribution in [3.63, 3.8) is 0 Å². The van der Waals surface area contributed by atoms with Crippen molar-refractivity contribution in [1.82, 2.24) is 10.2 Å². The first-order valence-electron chi connectivity index (χ1n) is 7.56. The van der Waals surface area contributed by atoms with Crippen LogP contribution in [-0.2, 0) is 4.79 Å². The highest BCUT2D eigenvalue weighted by atomic mass is 35.5. The molecule has 2 saturated heterocycles. The second-order valence-electron chi connectivity index (χ2n) is 6.18. The second-order valence-corrected chi connectivity index (χ2v) is 7.72. The van der Waals surface area contributed by atoms with Crippen LogP contribution >= 0.6 is 23.4 Å². The van der Waals surface area contributed by atoms with Gasteiger partial charge in [-0.05, 0) is 43.3 Å². The number of carbonyl (C=O) groups excluding carboxylic acids is 1. The smallest absolute Gasteiger partial charge is 0.253 e. The number of benzene rings is 1. The molecule has 0 radical (unpaired) electrons. The van der Waals surface area contributed by atoms with Crippen molar-refractivity contribution in [2.24, 2.45) is 0 Å². The van der Waals surface area contributed by atoms with Gasteiger partial charge in [-0.3, -0.25) is 9.69 Å². The Labute approximate surface area is 140 Å². The van der Waals surface area contributed by atoms with E-state index in [1.54, 1.807) is 11.8 Å². The van der Waals surface area contributed by atoms with Gasteiger partial charge in [-0.15, -0.1) is 0 Å². The van der Waals surface area contributed by atoms with Gasteiger partial charge in [0.15, 0.2) is 5.60 Å². The molecule has 0 saturated carbocycles. The average molecular weight is 341 g/mol. The van der Waals surface area contributed by atoms with Gasteiger partial charge in [0.2, 0.25) is 0 Å². The number of rotatable bonds is 3. The summed E-state index contributed by atoms with van der Waals surface area (Å²) in [4.78, 5) is 14.7. The van der Waals surface area contributed by atoms with Crippen LogP contribution in [0.4, 0.5) is 0 Å². The van der Waals surface area contributed by atoms with E-state index in [9.17, 15) is 9.90 Å². The van der Waals surface area contributed by atoms with Crippen molar-refractivity contribution in [3.05, 3.63) is 34.9 Å². The number of carbonyl (C=O) groups is 1. The zero-order valence-corrected chi connectivity index (χ0v) is 14.2. The van der Waals surface area contributed by atoms with Crippen LogP contribution in [0.1, 0.15) is 24.4 Å². The molecule has 2 heterocycles. The van der Waals surface area contributed by atoms with E-state index in [4.69, 9.17) is 11.6 Å². The lowest BCUT2D eigenvalue weighted by atomic mass is 9.97. The fourth-order valence-corrected chi connectivity index (χ4v) is 4.65. The molecule has 1 aromatic carbocycles. The molecular formula is C16H21ClN2O2S. The fraction of sp³-hybridized carbons (Fsp3) is 0.562. The van der Waals surface area contributed by atoms with Gasteiger partial charge in [-0.2, -0.15) is 11.8 Å². The molecule has 0 spiro atoms. The van der Waals surface area contributed by atoms with Crippen molar-refractivity contribution in [1.29, 1.82) is 0 Å². The molecule has 22 heavy (non-hydrogen) atoms. The zero-order chi connectivity index (χ0) is 15.7. The van der Waals surface area contributed by atoms with Crippen LogP contribution in [0.15, 0.2) is 24.3 Å². The number of nitrogens with zero attached hydrogens (tertiary/aromatic N) is 1. The van der Waals surface area contributed by atoms with Crippen LogP contribution < -0.4 is 5.32 Å². The minimum Gasteiger partial charge on any atom is -0.379 e. The monoisotopic (exact) mass is 340 g/mol. The average Bonchev–Trinajstić information content (AvgIpc) is 3.08. The lowest BCUT2D eigenvalue weighted by molar-refractivity contribution is -0.138. The van der Waals surface area contributed by atoms with Gasteiger partial charge in [-0.1, -0.05) is 23.7 Å². The maximum Gasteiger partial charge on any atom is 0.253 e. The molecule has 0 aromatic heterocycles. The summed E-state index contributed by atoms with van der Waals surface area (Å²) in [6.45, 7) is 0.922. The lowest BCUT2D eigenvalue weighted by Gasteiger charge is -2.29. The van der Waals surface area contributed by atoms with Crippen LogP contribution in [0.25, 0.3) is 0 Å². The molecule has 3 rings (SSSR count). The minimum absolute atomic E-state index is 0.0216. The highest BCUT2D eigenvalue weighted by Crippen LogP contribution is 2.33. The number of nitrogens with one attached hydrogen (secondary N) is 1. The second kappa shape index (κ2) is 6.40. The molecular weight excluding hydrogens is 320 g/mol. The summed E-state index contributed by atoms with van der Waals surface area (Å²) in [5.74, 6) is 1.11. The number of halogens is 1. The molecule has 1 aromatic rings. The number of hydrogen-bond donors (Lipinski definition) is 2. The third kappa shape index (κ3) is 3.13. The maximum absolute atomic E-state index is 12.4. The molecule has 6 heteroatoms. The normalized spacial score (nSPS) is 32.3. The Bertz CT molecular complexity index is 546. The number of thioether (sulfide) groups is 1. The molecule has 4 nitrogen and oxygen atoms in total. The van der Waals surface area contributed by atoms with E-state index in [-0.39, 0.29) is 18.0 Å². The van der Waals surface area contributed by atoms with Crippen molar-refractivity contribution >= 4 is 29.3 Å². The maximum atomic E-state index is 12.4. The standard InChI is InChI=1S/C16H21ClN2O2S/c1-19-8-6-13(14(19)11-2-4-12(17)5-3-11)18-15(20)16(21)7-9-22-10-16/h2-5,13-14,21H,6-10H2,1H3,(H,18,20). The molecule has 3 unspecified atom stereocenters. The van der Waals surface area contributed by atoms with Crippen LogP contribution in [0.2, 0.25) is 5.02 Å². The molecule has 2 N–H and O–H groups in total. The summed E-state index contributed by atoms with van der Waals surface area (Å²) in [5.41, 5.74) is -0.0569. The first kappa shape index (κ1) is 16.1. The van der Waals surface area contributed by atoms with Crippen LogP contribution in [-0.4, -0.2) is 52.7 Å². The number of likely N-dealkylation sites (N-methyl/N-ethyl adjacent to an activating group) is 1. The summed E-state index contributed by atoms with van der Waals surface area (Å²) < 4.78 is 0. The Balaban J connectivity index is 1.74. The van der Waals surface area contributed by atoms with Crippen molar-refractivity contribution in [2.45, 2.75) is 30.5 Å². The SMILES string of the molecule is CN1CCC(NC(=O)C2(O)CCSC2)C1c1ccc(Cl)cc1. The Hall–Kier alpha value is -0.750. The molecule has 2 aliphatic heterocycles. The third-order valence-corrected chi connectivity index (χ3v) is 6.03. The van der Waals surface area contributed by atoms with Gasteiger partial charge in [0.25, 0.3) is 5.91 Å². The molecule has 0 bridgehead atoms. The van der Waals surface area contributed by atoms with Crippen molar-refractivity contribution < 1.29 is 9.90 Å². The van der Waals surface area contributed by atoms with Crippen LogP contribution in [0.3, 0.4) is 0 Å². The Morgan fingerprint density at radius 1 is 1.45 bits per heavy atom. The summed E-state index contributed by atoms with van der Waals surface area (Å²) in [6, 6.07) is 7.92. The minimum atomic E-state index is -1.20. The molecule has 0 aliphatic carbocycles. The van der Waals surface area contributed by atoms with E-state index in [0.717, 1.165) is 24.3 Å². The topological polar surface area (TPSA) is 52.6 Å². The number of amides is 1. The van der Waals surface area contributed by atoms with E-state index in [1.807, 2.05) is 24.3 Å². The molecule has 120 valence electrons.